The molecule has 7 nitrogen and oxygen atoms in total. The molecule has 1 fully saturated rings. The van der Waals surface area contributed by atoms with E-state index >= 15 is 0 Å². The van der Waals surface area contributed by atoms with Crippen LogP contribution in [0, 0.1) is 5.92 Å². The minimum Gasteiger partial charge on any atom is -0.508 e. The van der Waals surface area contributed by atoms with Gasteiger partial charge in [0.05, 0.1) is 11.6 Å². The molecule has 0 amide bonds. The molecule has 4 N–H and O–H groups in total. The van der Waals surface area contributed by atoms with Crippen LogP contribution >= 0.6 is 22.4 Å². The van der Waals surface area contributed by atoms with Crippen molar-refractivity contribution in [2.45, 2.75) is 24.0 Å². The van der Waals surface area contributed by atoms with Gasteiger partial charge in [-0.1, -0.05) is 29.8 Å². The van der Waals surface area contributed by atoms with Crippen LogP contribution in [0.2, 0.25) is 5.02 Å². The monoisotopic (exact) mass is 466 g/mol. The van der Waals surface area contributed by atoms with Gasteiger partial charge in [-0.05, 0) is 49.1 Å². The van der Waals surface area contributed by atoms with Gasteiger partial charge in [-0.2, -0.15) is 0 Å². The summed E-state index contributed by atoms with van der Waals surface area (Å²) in [5.74, 6) is -1.56. The molecule has 1 unspecified atom stereocenters. The molecule has 31 heavy (non-hydrogen) atoms. The van der Waals surface area contributed by atoms with Crippen LogP contribution in [0.15, 0.2) is 42.5 Å². The van der Waals surface area contributed by atoms with Crippen LogP contribution < -0.4 is 4.31 Å². The van der Waals surface area contributed by atoms with Crippen molar-refractivity contribution in [2.24, 2.45) is 5.92 Å². The Morgan fingerprint density at radius 1 is 1.19 bits per heavy atom. The molecule has 168 valence electrons. The van der Waals surface area contributed by atoms with Gasteiger partial charge in [0.15, 0.2) is 0 Å². The summed E-state index contributed by atoms with van der Waals surface area (Å²) in [6, 6.07) is 12.2. The summed E-state index contributed by atoms with van der Waals surface area (Å²) in [7, 11) is -1.31. The highest BCUT2D eigenvalue weighted by molar-refractivity contribution is 8.26. The smallest absolute Gasteiger partial charge is 0.308 e. The number of fused-ring (bicyclic) bond motifs is 2. The number of nitrogens with zero attached hydrogens (tertiary/aromatic N) is 2. The quantitative estimate of drug-likeness (QED) is 0.517. The number of aromatic hydroxyl groups is 1. The number of carboxylic acid groups (broad SMARTS) is 1. The fourth-order valence-electron chi connectivity index (χ4n) is 4.84. The Kier molecular flexibility index (Phi) is 5.87. The Balaban J connectivity index is 1.49. The number of phenolic OH excluding ortho intramolecular Hbond substituents is 1. The molecule has 2 aliphatic rings. The van der Waals surface area contributed by atoms with Gasteiger partial charge < -0.3 is 15.1 Å². The number of hydrogen-bond acceptors (Lipinski definition) is 6. The molecule has 0 saturated carbocycles. The number of hydrogen-bond donors (Lipinski definition) is 4. The van der Waals surface area contributed by atoms with Crippen LogP contribution in [-0.2, 0) is 16.0 Å². The number of benzene rings is 2. The molecule has 4 rings (SSSR count). The second-order valence-corrected chi connectivity index (χ2v) is 11.1. The molecule has 0 bridgehead atoms. The van der Waals surface area contributed by atoms with Crippen LogP contribution in [0.3, 0.4) is 0 Å². The van der Waals surface area contributed by atoms with Crippen LogP contribution in [-0.4, -0.2) is 56.9 Å². The molecule has 1 spiro atoms. The molecule has 2 aromatic rings. The minimum absolute atomic E-state index is 0.0534. The first-order valence-electron chi connectivity index (χ1n) is 10.2. The van der Waals surface area contributed by atoms with E-state index in [1.165, 1.54) is 12.1 Å². The SMILES string of the molecule is CN1c2ccccc2C2(CCN(CC(Cc3cc(O)ccc3Cl)C(=O)O)CC2)S1(O)O. The summed E-state index contributed by atoms with van der Waals surface area (Å²) in [4.78, 5) is 14.0. The Bertz CT molecular complexity index is 994. The molecule has 2 heterocycles. The Hall–Kier alpha value is -1.97. The number of likely N-dealkylation sites (tertiary alicyclic amines) is 1. The van der Waals surface area contributed by atoms with Crippen LogP contribution in [0.25, 0.3) is 0 Å². The predicted molar refractivity (Wildman–Crippen MR) is 123 cm³/mol. The highest BCUT2D eigenvalue weighted by atomic mass is 35.5. The summed E-state index contributed by atoms with van der Waals surface area (Å²) in [6.07, 6.45) is 1.29. The van der Waals surface area contributed by atoms with Gasteiger partial charge in [-0.15, -0.1) is 10.8 Å². The second kappa shape index (κ2) is 8.18. The third-order valence-corrected chi connectivity index (χ3v) is 9.63. The van der Waals surface area contributed by atoms with Crippen molar-refractivity contribution in [1.29, 1.82) is 0 Å². The van der Waals surface area contributed by atoms with E-state index in [9.17, 15) is 24.1 Å². The van der Waals surface area contributed by atoms with Gasteiger partial charge in [0.1, 0.15) is 10.5 Å². The maximum atomic E-state index is 11.9. The van der Waals surface area contributed by atoms with Crippen molar-refractivity contribution in [3.63, 3.8) is 0 Å². The number of phenols is 1. The van der Waals surface area contributed by atoms with Crippen molar-refractivity contribution in [1.82, 2.24) is 4.90 Å². The standard InChI is InChI=1S/C22H27ClN2O5S/c1-24-20-5-3-2-4-18(20)22(31(24,29)30)8-10-25(11-9-22)14-16(21(27)28)12-15-13-17(26)6-7-19(15)23/h2-7,13,16,26,29-30H,8-12,14H2,1H3,(H,27,28). The summed E-state index contributed by atoms with van der Waals surface area (Å²) in [6.45, 7) is 1.46. The average molecular weight is 467 g/mol. The highest BCUT2D eigenvalue weighted by Gasteiger charge is 2.55. The molecule has 2 aromatic carbocycles. The Morgan fingerprint density at radius 3 is 2.55 bits per heavy atom. The minimum atomic E-state index is -3.03. The van der Waals surface area contributed by atoms with Crippen molar-refractivity contribution < 1.29 is 24.1 Å². The second-order valence-electron chi connectivity index (χ2n) is 8.34. The fourth-order valence-corrected chi connectivity index (χ4v) is 7.20. The summed E-state index contributed by atoms with van der Waals surface area (Å²) in [5.41, 5.74) is 2.40. The van der Waals surface area contributed by atoms with Crippen LogP contribution in [0.5, 0.6) is 5.75 Å². The van der Waals surface area contributed by atoms with Gasteiger partial charge in [0.2, 0.25) is 0 Å². The number of rotatable bonds is 5. The molecule has 1 saturated heterocycles. The Labute approximate surface area is 188 Å². The predicted octanol–water partition coefficient (Wildman–Crippen LogP) is 4.40. The molecule has 0 radical (unpaired) electrons. The van der Waals surface area contributed by atoms with Gasteiger partial charge in [0.25, 0.3) is 0 Å². The fraction of sp³-hybridized carbons (Fsp3) is 0.409. The number of piperidine rings is 1. The van der Waals surface area contributed by atoms with E-state index in [0.29, 0.717) is 43.1 Å². The lowest BCUT2D eigenvalue weighted by Crippen LogP contribution is -2.47. The molecule has 2 aliphatic heterocycles. The molecular formula is C22H27ClN2O5S. The lowest BCUT2D eigenvalue weighted by Gasteiger charge is -2.52. The van der Waals surface area contributed by atoms with Crippen LogP contribution in [0.1, 0.15) is 24.0 Å². The lowest BCUT2D eigenvalue weighted by atomic mass is 9.86. The number of carboxylic acids is 1. The third kappa shape index (κ3) is 3.76. The first-order valence-corrected chi connectivity index (χ1v) is 12.1. The normalized spacial score (nSPS) is 21.6. The molecule has 0 aliphatic carbocycles. The number of carbonyl (C=O) groups is 1. The van der Waals surface area contributed by atoms with Gasteiger partial charge in [-0.25, -0.2) is 0 Å². The highest BCUT2D eigenvalue weighted by Crippen LogP contribution is 2.71. The largest absolute Gasteiger partial charge is 0.508 e. The number of halogens is 1. The maximum absolute atomic E-state index is 11.9. The van der Waals surface area contributed by atoms with E-state index in [0.717, 1.165) is 11.3 Å². The maximum Gasteiger partial charge on any atom is 0.308 e. The van der Waals surface area contributed by atoms with Gasteiger partial charge in [-0.3, -0.25) is 18.2 Å². The first kappa shape index (κ1) is 22.2. The van der Waals surface area contributed by atoms with E-state index in [4.69, 9.17) is 11.6 Å². The van der Waals surface area contributed by atoms with Crippen molar-refractivity contribution >= 4 is 34.0 Å². The summed E-state index contributed by atoms with van der Waals surface area (Å²) in [5, 5.41) is 19.9. The van der Waals surface area contributed by atoms with E-state index in [2.05, 4.69) is 4.90 Å². The van der Waals surface area contributed by atoms with Gasteiger partial charge >= 0.3 is 5.97 Å². The van der Waals surface area contributed by atoms with E-state index in [1.807, 2.05) is 24.3 Å². The average Bonchev–Trinajstić information content (AvgIpc) is 2.90. The summed E-state index contributed by atoms with van der Waals surface area (Å²) >= 11 is 6.19. The topological polar surface area (TPSA) is 104 Å². The van der Waals surface area contributed by atoms with Crippen molar-refractivity contribution in [3.05, 3.63) is 58.6 Å². The van der Waals surface area contributed by atoms with Crippen molar-refractivity contribution in [2.75, 3.05) is 31.0 Å². The van der Waals surface area contributed by atoms with E-state index in [1.54, 1.807) is 17.4 Å². The zero-order valence-corrected chi connectivity index (χ0v) is 18.8. The van der Waals surface area contributed by atoms with Crippen LogP contribution in [0.4, 0.5) is 5.69 Å². The molecule has 1 atom stereocenters. The van der Waals surface area contributed by atoms with Crippen molar-refractivity contribution in [3.8, 4) is 5.75 Å². The third-order valence-electron chi connectivity index (χ3n) is 6.63. The molecule has 0 aromatic heterocycles. The lowest BCUT2D eigenvalue weighted by molar-refractivity contribution is -0.142. The zero-order valence-electron chi connectivity index (χ0n) is 17.2. The molecule has 9 heteroatoms. The van der Waals surface area contributed by atoms with E-state index in [-0.39, 0.29) is 12.2 Å². The number of aliphatic carboxylic acids is 1. The van der Waals surface area contributed by atoms with E-state index < -0.39 is 27.4 Å². The molecular weight excluding hydrogens is 440 g/mol. The first-order chi connectivity index (χ1) is 14.7. The Morgan fingerprint density at radius 2 is 1.87 bits per heavy atom. The van der Waals surface area contributed by atoms with Gasteiger partial charge in [0, 0.05) is 37.3 Å². The number of para-hydroxylation sites is 1. The number of anilines is 1. The summed E-state index contributed by atoms with van der Waals surface area (Å²) < 4.78 is 23.0. The zero-order chi connectivity index (χ0) is 22.4.